The van der Waals surface area contributed by atoms with Gasteiger partial charge in [0.25, 0.3) is 16.6 Å². The number of ether oxygens (including phenoxy) is 2. The van der Waals surface area contributed by atoms with Crippen molar-refractivity contribution in [3.8, 4) is 28.7 Å². The molecule has 2 aliphatic rings. The van der Waals surface area contributed by atoms with Gasteiger partial charge in [-0.2, -0.15) is 0 Å². The van der Waals surface area contributed by atoms with E-state index in [1.807, 2.05) is 12.1 Å². The monoisotopic (exact) mass is 772 g/mol. The number of hydrogen-bond donors (Lipinski definition) is 1. The summed E-state index contributed by atoms with van der Waals surface area (Å²) in [5.41, 5.74) is 4.03. The smallest absolute Gasteiger partial charge is 0.350 e. The molecule has 0 aliphatic carbocycles. The Morgan fingerprint density at radius 3 is 1.56 bits per heavy atom. The van der Waals surface area contributed by atoms with Crippen molar-refractivity contribution in [1.29, 1.82) is 0 Å². The maximum Gasteiger partial charge on any atom is 0.350 e. The third-order valence-corrected chi connectivity index (χ3v) is 29.4. The maximum absolute atomic E-state index is 10.6. The number of phenolic OH excluding ortho intramolecular Hbond substituents is 1. The first-order chi connectivity index (χ1) is 23.8. The van der Waals surface area contributed by atoms with E-state index >= 15 is 0 Å². The van der Waals surface area contributed by atoms with E-state index in [0.29, 0.717) is 44.7 Å². The van der Waals surface area contributed by atoms with Crippen molar-refractivity contribution in [3.63, 3.8) is 0 Å². The molecule has 0 bridgehead atoms. The van der Waals surface area contributed by atoms with Crippen molar-refractivity contribution >= 4 is 25.2 Å². The minimum Gasteiger partial charge on any atom is -0.543 e. The van der Waals surface area contributed by atoms with Crippen LogP contribution in [0.3, 0.4) is 0 Å². The van der Waals surface area contributed by atoms with Crippen LogP contribution in [-0.4, -0.2) is 43.5 Å². The van der Waals surface area contributed by atoms with Crippen LogP contribution < -0.4 is 18.3 Å². The van der Waals surface area contributed by atoms with Crippen molar-refractivity contribution in [2.24, 2.45) is 0 Å². The Balaban J connectivity index is 2.11. The molecule has 7 nitrogen and oxygen atoms in total. The Kier molecular flexibility index (Phi) is 12.3. The normalized spacial score (nSPS) is 20.9. The first-order valence-electron chi connectivity index (χ1n) is 19.8. The van der Waals surface area contributed by atoms with Crippen LogP contribution in [0.5, 0.6) is 28.7 Å². The fourth-order valence-electron chi connectivity index (χ4n) is 10.3. The number of phenols is 1. The van der Waals surface area contributed by atoms with Crippen molar-refractivity contribution in [3.05, 3.63) is 41.5 Å². The van der Waals surface area contributed by atoms with Gasteiger partial charge < -0.3 is 32.3 Å². The number of methoxy groups -OCH3 is 1. The molecular weight excluding hydrogens is 701 g/mol. The van der Waals surface area contributed by atoms with Crippen LogP contribution in [0.4, 0.5) is 0 Å². The number of fused-ring (bicyclic) bond motifs is 3. The van der Waals surface area contributed by atoms with E-state index in [1.165, 1.54) is 0 Å². The standard InChI is InChI=1S/C42H72O7Si3/c1-25(2)50(26(3)4,27(5)6)46-32-23-35-37(36(24-32)47-51(28(7)8,29(9)10)30(11)12)39-40(49-52(48-39,41(13,14)15)42(16,17)18)38(45-35)31-20-21-33(43)34(22-31)44-19/h20-30,38-40,43H,1-19H3/t38-,39+,40-/m1/s1. The van der Waals surface area contributed by atoms with Gasteiger partial charge in [0, 0.05) is 22.2 Å². The van der Waals surface area contributed by atoms with E-state index in [1.54, 1.807) is 13.2 Å². The van der Waals surface area contributed by atoms with Crippen LogP contribution in [0.25, 0.3) is 0 Å². The predicted octanol–water partition coefficient (Wildman–Crippen LogP) is 13.1. The van der Waals surface area contributed by atoms with Gasteiger partial charge in [-0.05, 0) is 50.9 Å². The molecule has 10 heteroatoms. The van der Waals surface area contributed by atoms with Crippen LogP contribution in [0.2, 0.25) is 43.3 Å². The summed E-state index contributed by atoms with van der Waals surface area (Å²) < 4.78 is 43.0. The Morgan fingerprint density at radius 1 is 0.635 bits per heavy atom. The van der Waals surface area contributed by atoms with Crippen molar-refractivity contribution < 1.29 is 32.3 Å². The molecule has 0 amide bonds. The maximum atomic E-state index is 10.6. The third kappa shape index (κ3) is 7.01. The highest BCUT2D eigenvalue weighted by molar-refractivity contribution is 6.79. The predicted molar refractivity (Wildman–Crippen MR) is 222 cm³/mol. The fourth-order valence-corrected chi connectivity index (χ4v) is 25.8. The number of hydrogen-bond acceptors (Lipinski definition) is 7. The molecule has 2 aromatic rings. The highest BCUT2D eigenvalue weighted by atomic mass is 28.4. The van der Waals surface area contributed by atoms with Crippen LogP contribution in [0.15, 0.2) is 30.3 Å². The summed E-state index contributed by atoms with van der Waals surface area (Å²) in [7, 11) is -6.25. The molecule has 52 heavy (non-hydrogen) atoms. The molecule has 2 aromatic carbocycles. The second kappa shape index (κ2) is 14.9. The molecule has 2 heterocycles. The van der Waals surface area contributed by atoms with Gasteiger partial charge in [0.2, 0.25) is 0 Å². The van der Waals surface area contributed by atoms with E-state index in [2.05, 4.69) is 137 Å². The molecule has 0 unspecified atom stereocenters. The fraction of sp³-hybridized carbons (Fsp3) is 0.714. The van der Waals surface area contributed by atoms with Crippen LogP contribution in [0.1, 0.15) is 148 Å². The summed E-state index contributed by atoms with van der Waals surface area (Å²) in [5.74, 6) is 2.78. The van der Waals surface area contributed by atoms with Crippen LogP contribution >= 0.6 is 0 Å². The molecule has 294 valence electrons. The van der Waals surface area contributed by atoms with Gasteiger partial charge in [-0.1, -0.05) is 131 Å². The molecule has 3 atom stereocenters. The number of benzene rings is 2. The Labute approximate surface area is 320 Å². The lowest BCUT2D eigenvalue weighted by molar-refractivity contribution is 0.00835. The second-order valence-corrected chi connectivity index (χ2v) is 34.8. The summed E-state index contributed by atoms with van der Waals surface area (Å²) >= 11 is 0. The average Bonchev–Trinajstić information content (AvgIpc) is 3.44. The van der Waals surface area contributed by atoms with Crippen molar-refractivity contribution in [2.45, 2.75) is 186 Å². The van der Waals surface area contributed by atoms with E-state index in [9.17, 15) is 5.11 Å². The molecule has 0 radical (unpaired) electrons. The van der Waals surface area contributed by atoms with E-state index in [-0.39, 0.29) is 15.8 Å². The Bertz CT molecular complexity index is 1500. The minimum atomic E-state index is -3.01. The lowest BCUT2D eigenvalue weighted by Crippen LogP contribution is -2.54. The minimum absolute atomic E-state index is 0.0804. The molecule has 0 spiro atoms. The first-order valence-corrected chi connectivity index (χ1v) is 25.9. The van der Waals surface area contributed by atoms with Crippen LogP contribution in [-0.2, 0) is 8.85 Å². The number of aromatic hydroxyl groups is 1. The largest absolute Gasteiger partial charge is 0.543 e. The molecule has 1 fully saturated rings. The number of rotatable bonds is 12. The van der Waals surface area contributed by atoms with E-state index in [0.717, 1.165) is 22.6 Å². The van der Waals surface area contributed by atoms with E-state index in [4.69, 9.17) is 27.2 Å². The zero-order chi connectivity index (χ0) is 39.5. The van der Waals surface area contributed by atoms with Crippen molar-refractivity contribution in [2.75, 3.05) is 7.11 Å². The van der Waals surface area contributed by atoms with E-state index < -0.39 is 43.5 Å². The van der Waals surface area contributed by atoms with Gasteiger partial charge in [-0.15, -0.1) is 0 Å². The summed E-state index contributed by atoms with van der Waals surface area (Å²) in [5, 5.41) is 10.1. The van der Waals surface area contributed by atoms with Gasteiger partial charge in [0.15, 0.2) is 17.6 Å². The van der Waals surface area contributed by atoms with Gasteiger partial charge in [-0.25, -0.2) is 0 Å². The first kappa shape index (κ1) is 42.7. The molecule has 1 saturated heterocycles. The molecule has 0 saturated carbocycles. The molecule has 4 rings (SSSR count). The third-order valence-electron chi connectivity index (χ3n) is 12.3. The zero-order valence-corrected chi connectivity index (χ0v) is 39.0. The average molecular weight is 773 g/mol. The second-order valence-electron chi connectivity index (χ2n) is 19.4. The highest BCUT2D eigenvalue weighted by Crippen LogP contribution is 2.64. The summed E-state index contributed by atoms with van der Waals surface area (Å²) in [4.78, 5) is 0. The lowest BCUT2D eigenvalue weighted by atomic mass is 9.91. The van der Waals surface area contributed by atoms with Gasteiger partial charge >= 0.3 is 8.56 Å². The van der Waals surface area contributed by atoms with Crippen LogP contribution in [0, 0.1) is 0 Å². The molecule has 2 aliphatic heterocycles. The quantitative estimate of drug-likeness (QED) is 0.215. The Hall–Kier alpha value is -1.99. The van der Waals surface area contributed by atoms with Gasteiger partial charge in [0.05, 0.1) is 12.7 Å². The molecule has 0 aromatic heterocycles. The molecular formula is C42H72O7Si3. The topological polar surface area (TPSA) is 75.6 Å². The highest BCUT2D eigenvalue weighted by Gasteiger charge is 2.68. The SMILES string of the molecule is COc1cc([C@H]2Oc3cc(O[Si](C(C)C)(C(C)C)C(C)C)cc(O[Si](C(C)C)(C(C)C)C(C)C)c3[C@@H]3O[Si](C(C)(C)C)(C(C)(C)C)O[C@H]23)ccc1O. The van der Waals surface area contributed by atoms with Crippen molar-refractivity contribution in [1.82, 2.24) is 0 Å². The zero-order valence-electron chi connectivity index (χ0n) is 36.0. The molecule has 1 N–H and O–H groups in total. The van der Waals surface area contributed by atoms with Gasteiger partial charge in [-0.3, -0.25) is 0 Å². The Morgan fingerprint density at radius 2 is 1.12 bits per heavy atom. The van der Waals surface area contributed by atoms with Gasteiger partial charge in [0.1, 0.15) is 29.5 Å². The lowest BCUT2D eigenvalue weighted by Gasteiger charge is -2.46. The summed E-state index contributed by atoms with van der Waals surface area (Å²) in [6, 6.07) is 9.71. The summed E-state index contributed by atoms with van der Waals surface area (Å²) in [6.45, 7) is 41.4. The summed E-state index contributed by atoms with van der Waals surface area (Å²) in [6.07, 6.45) is -1.42.